The molecule has 0 atom stereocenters. The fourth-order valence-electron chi connectivity index (χ4n) is 4.71. The van der Waals surface area contributed by atoms with Gasteiger partial charge >= 0.3 is 0 Å². The van der Waals surface area contributed by atoms with Crippen LogP contribution in [0.3, 0.4) is 0 Å². The fourth-order valence-corrected chi connectivity index (χ4v) is 5.51. The summed E-state index contributed by atoms with van der Waals surface area (Å²) in [6.45, 7) is 3.10. The molecule has 0 unspecified atom stereocenters. The number of rotatable bonds is 9. The summed E-state index contributed by atoms with van der Waals surface area (Å²) in [5.41, 5.74) is 2.13. The first-order chi connectivity index (χ1) is 15.2. The number of nitrogens with zero attached hydrogens (tertiary/aromatic N) is 3. The van der Waals surface area contributed by atoms with Crippen molar-refractivity contribution < 1.29 is 4.79 Å². The highest BCUT2D eigenvalue weighted by atomic mass is 32.2. The van der Waals surface area contributed by atoms with Crippen LogP contribution in [0.2, 0.25) is 0 Å². The van der Waals surface area contributed by atoms with Crippen molar-refractivity contribution >= 4 is 29.0 Å². The zero-order chi connectivity index (χ0) is 21.5. The molecule has 1 aromatic carbocycles. The summed E-state index contributed by atoms with van der Waals surface area (Å²) in [6, 6.07) is 8.92. The summed E-state index contributed by atoms with van der Waals surface area (Å²) in [7, 11) is 2.04. The van der Waals surface area contributed by atoms with Crippen molar-refractivity contribution in [1.82, 2.24) is 14.9 Å². The lowest BCUT2D eigenvalue weighted by Crippen LogP contribution is -2.43. The number of imidazole rings is 1. The first-order valence-corrected chi connectivity index (χ1v) is 12.6. The Balaban J connectivity index is 1.18. The van der Waals surface area contributed by atoms with Gasteiger partial charge in [0, 0.05) is 68.7 Å². The third kappa shape index (κ3) is 6.50. The molecule has 2 aromatic rings. The predicted molar refractivity (Wildman–Crippen MR) is 129 cm³/mol. The quantitative estimate of drug-likeness (QED) is 0.449. The van der Waals surface area contributed by atoms with Gasteiger partial charge in [0.1, 0.15) is 0 Å². The van der Waals surface area contributed by atoms with Crippen LogP contribution in [0.4, 0.5) is 11.4 Å². The topological polar surface area (TPSA) is 62.2 Å². The zero-order valence-electron chi connectivity index (χ0n) is 18.6. The Bertz CT molecular complexity index is 840. The van der Waals surface area contributed by atoms with Crippen LogP contribution in [0.5, 0.6) is 0 Å². The first-order valence-electron chi connectivity index (χ1n) is 11.7. The van der Waals surface area contributed by atoms with Crippen LogP contribution < -0.4 is 15.5 Å². The SMILES string of the molecule is Cn1ccnc1SCCNC1CCN(c2cccc(NC(=O)CC3CCCC3)c2)CC1. The third-order valence-electron chi connectivity index (χ3n) is 6.48. The molecule has 1 aliphatic heterocycles. The lowest BCUT2D eigenvalue weighted by molar-refractivity contribution is -0.117. The first kappa shape index (κ1) is 22.2. The molecule has 2 heterocycles. The molecule has 2 N–H and O–H groups in total. The molecule has 7 heteroatoms. The molecule has 0 bridgehead atoms. The molecule has 1 aliphatic carbocycles. The number of anilines is 2. The molecule has 0 spiro atoms. The van der Waals surface area contributed by atoms with Crippen molar-refractivity contribution in [2.45, 2.75) is 56.1 Å². The third-order valence-corrected chi connectivity index (χ3v) is 7.54. The molecule has 168 valence electrons. The van der Waals surface area contributed by atoms with E-state index in [1.807, 2.05) is 25.5 Å². The van der Waals surface area contributed by atoms with Gasteiger partial charge < -0.3 is 20.1 Å². The minimum atomic E-state index is 0.162. The van der Waals surface area contributed by atoms with E-state index in [2.05, 4.69) is 43.3 Å². The molecule has 1 amide bonds. The monoisotopic (exact) mass is 441 g/mol. The van der Waals surface area contributed by atoms with Crippen molar-refractivity contribution in [2.75, 3.05) is 35.6 Å². The predicted octanol–water partition coefficient (Wildman–Crippen LogP) is 4.29. The second-order valence-electron chi connectivity index (χ2n) is 8.84. The number of benzene rings is 1. The van der Waals surface area contributed by atoms with Crippen LogP contribution in [-0.2, 0) is 11.8 Å². The zero-order valence-corrected chi connectivity index (χ0v) is 19.4. The molecular formula is C24H35N5OS. The minimum Gasteiger partial charge on any atom is -0.371 e. The summed E-state index contributed by atoms with van der Waals surface area (Å²) in [5, 5.41) is 7.90. The number of aromatic nitrogens is 2. The Morgan fingerprint density at radius 1 is 1.19 bits per heavy atom. The highest BCUT2D eigenvalue weighted by molar-refractivity contribution is 7.99. The van der Waals surface area contributed by atoms with Gasteiger partial charge in [-0.05, 0) is 49.8 Å². The average molecular weight is 442 g/mol. The van der Waals surface area contributed by atoms with E-state index in [-0.39, 0.29) is 5.91 Å². The molecule has 6 nitrogen and oxygen atoms in total. The van der Waals surface area contributed by atoms with E-state index in [0.29, 0.717) is 18.4 Å². The standard InChI is InChI=1S/C24H35N5OS/c1-28-15-11-26-24(28)31-16-12-25-20-9-13-29(14-10-20)22-8-4-7-21(18-22)27-23(30)17-19-5-2-3-6-19/h4,7-8,11,15,18-20,25H,2-3,5-6,9-10,12-14,16-17H2,1H3,(H,27,30). The number of carbonyl (C=O) groups excluding carboxylic acids is 1. The van der Waals surface area contributed by atoms with Crippen molar-refractivity contribution in [3.63, 3.8) is 0 Å². The second-order valence-corrected chi connectivity index (χ2v) is 9.90. The lowest BCUT2D eigenvalue weighted by Gasteiger charge is -2.34. The van der Waals surface area contributed by atoms with Crippen LogP contribution in [0.25, 0.3) is 0 Å². The second kappa shape index (κ2) is 11.0. The molecular weight excluding hydrogens is 406 g/mol. The van der Waals surface area contributed by atoms with Crippen molar-refractivity contribution in [1.29, 1.82) is 0 Å². The van der Waals surface area contributed by atoms with E-state index in [0.717, 1.165) is 49.1 Å². The van der Waals surface area contributed by atoms with E-state index < -0.39 is 0 Å². The van der Waals surface area contributed by atoms with Crippen molar-refractivity contribution in [2.24, 2.45) is 13.0 Å². The van der Waals surface area contributed by atoms with Crippen LogP contribution in [-0.4, -0.2) is 46.9 Å². The molecule has 31 heavy (non-hydrogen) atoms. The van der Waals surface area contributed by atoms with Crippen LogP contribution >= 0.6 is 11.8 Å². The number of amides is 1. The van der Waals surface area contributed by atoms with Crippen molar-refractivity contribution in [3.8, 4) is 0 Å². The van der Waals surface area contributed by atoms with Crippen LogP contribution in [0.15, 0.2) is 41.8 Å². The maximum atomic E-state index is 12.4. The maximum absolute atomic E-state index is 12.4. The molecule has 1 aromatic heterocycles. The van der Waals surface area contributed by atoms with Crippen LogP contribution in [0.1, 0.15) is 44.9 Å². The summed E-state index contributed by atoms with van der Waals surface area (Å²) < 4.78 is 2.06. The average Bonchev–Trinajstić information content (AvgIpc) is 3.43. The Morgan fingerprint density at radius 2 is 2.00 bits per heavy atom. The number of aryl methyl sites for hydroxylation is 1. The van der Waals surface area contributed by atoms with Gasteiger partial charge in [-0.15, -0.1) is 0 Å². The highest BCUT2D eigenvalue weighted by Crippen LogP contribution is 2.28. The summed E-state index contributed by atoms with van der Waals surface area (Å²) >= 11 is 1.80. The van der Waals surface area contributed by atoms with Gasteiger partial charge in [0.15, 0.2) is 5.16 Å². The summed E-state index contributed by atoms with van der Waals surface area (Å²) in [5.74, 6) is 1.78. The largest absolute Gasteiger partial charge is 0.371 e. The number of nitrogens with one attached hydrogen (secondary N) is 2. The number of thioether (sulfide) groups is 1. The van der Waals surface area contributed by atoms with E-state index in [1.54, 1.807) is 11.8 Å². The smallest absolute Gasteiger partial charge is 0.224 e. The highest BCUT2D eigenvalue weighted by Gasteiger charge is 2.20. The Hall–Kier alpha value is -1.99. The normalized spacial score (nSPS) is 17.9. The van der Waals surface area contributed by atoms with Gasteiger partial charge in [-0.2, -0.15) is 0 Å². The fraction of sp³-hybridized carbons (Fsp3) is 0.583. The minimum absolute atomic E-state index is 0.162. The lowest BCUT2D eigenvalue weighted by atomic mass is 10.0. The summed E-state index contributed by atoms with van der Waals surface area (Å²) in [4.78, 5) is 19.2. The van der Waals surface area contributed by atoms with Crippen molar-refractivity contribution in [3.05, 3.63) is 36.7 Å². The Labute approximate surface area is 190 Å². The Kier molecular flexibility index (Phi) is 7.92. The maximum Gasteiger partial charge on any atom is 0.224 e. The van der Waals surface area contributed by atoms with E-state index in [1.165, 1.54) is 31.4 Å². The van der Waals surface area contributed by atoms with Gasteiger partial charge in [-0.3, -0.25) is 4.79 Å². The van der Waals surface area contributed by atoms with E-state index in [9.17, 15) is 4.79 Å². The number of carbonyl (C=O) groups is 1. The molecule has 2 aliphatic rings. The molecule has 1 saturated carbocycles. The van der Waals surface area contributed by atoms with Gasteiger partial charge in [-0.1, -0.05) is 30.7 Å². The molecule has 1 saturated heterocycles. The Morgan fingerprint density at radius 3 is 2.74 bits per heavy atom. The number of piperidine rings is 1. The van der Waals surface area contributed by atoms with Crippen LogP contribution in [0, 0.1) is 5.92 Å². The van der Waals surface area contributed by atoms with Gasteiger partial charge in [0.25, 0.3) is 0 Å². The van der Waals surface area contributed by atoms with Gasteiger partial charge in [0.2, 0.25) is 5.91 Å². The van der Waals surface area contributed by atoms with Gasteiger partial charge in [0.05, 0.1) is 0 Å². The molecule has 4 rings (SSSR count). The van der Waals surface area contributed by atoms with Gasteiger partial charge in [-0.25, -0.2) is 4.98 Å². The number of hydrogen-bond donors (Lipinski definition) is 2. The van der Waals surface area contributed by atoms with E-state index in [4.69, 9.17) is 0 Å². The van der Waals surface area contributed by atoms with E-state index >= 15 is 0 Å². The summed E-state index contributed by atoms with van der Waals surface area (Å²) in [6.07, 6.45) is 11.8. The molecule has 0 radical (unpaired) electrons. The molecule has 2 fully saturated rings. The number of hydrogen-bond acceptors (Lipinski definition) is 5.